The molecule has 0 aliphatic heterocycles. The molecule has 1 amide bonds. The molecule has 1 aromatic heterocycles. The maximum absolute atomic E-state index is 12.0. The van der Waals surface area contributed by atoms with Gasteiger partial charge in [0.1, 0.15) is 0 Å². The zero-order chi connectivity index (χ0) is 17.8. The van der Waals surface area contributed by atoms with Gasteiger partial charge in [0.15, 0.2) is 11.3 Å². The van der Waals surface area contributed by atoms with Gasteiger partial charge in [-0.2, -0.15) is 0 Å². The zero-order valence-corrected chi connectivity index (χ0v) is 15.6. The van der Waals surface area contributed by atoms with Crippen LogP contribution in [0.2, 0.25) is 0 Å². The number of benzene rings is 1. The highest BCUT2D eigenvalue weighted by Crippen LogP contribution is 2.24. The number of esters is 1. The predicted octanol–water partition coefficient (Wildman–Crippen LogP) is 3.96. The highest BCUT2D eigenvalue weighted by Gasteiger charge is 2.17. The quantitative estimate of drug-likeness (QED) is 0.764. The van der Waals surface area contributed by atoms with Crippen LogP contribution in [0.4, 0.5) is 0 Å². The first kappa shape index (κ1) is 17.7. The third kappa shape index (κ3) is 4.51. The first-order chi connectivity index (χ1) is 12.0. The van der Waals surface area contributed by atoms with Crippen molar-refractivity contribution < 1.29 is 18.7 Å². The number of halogens is 1. The lowest BCUT2D eigenvalue weighted by Crippen LogP contribution is -2.31. The summed E-state index contributed by atoms with van der Waals surface area (Å²) in [6.45, 7) is 1.58. The maximum atomic E-state index is 12.0. The highest BCUT2D eigenvalue weighted by atomic mass is 79.9. The predicted molar refractivity (Wildman–Crippen MR) is 96.3 cm³/mol. The number of carbonyl (C=O) groups is 2. The molecule has 0 unspecified atom stereocenters. The lowest BCUT2D eigenvalue weighted by molar-refractivity contribution is -0.124. The maximum Gasteiger partial charge on any atom is 0.374 e. The van der Waals surface area contributed by atoms with E-state index in [0.717, 1.165) is 18.4 Å². The molecule has 0 saturated carbocycles. The van der Waals surface area contributed by atoms with Crippen molar-refractivity contribution in [1.82, 2.24) is 5.32 Å². The molecule has 25 heavy (non-hydrogen) atoms. The van der Waals surface area contributed by atoms with E-state index in [-0.39, 0.29) is 24.3 Å². The molecule has 1 atom stereocenters. The van der Waals surface area contributed by atoms with Crippen LogP contribution in [0.3, 0.4) is 0 Å². The molecule has 1 heterocycles. The van der Waals surface area contributed by atoms with Crippen molar-refractivity contribution in [3.63, 3.8) is 0 Å². The summed E-state index contributed by atoms with van der Waals surface area (Å²) in [5, 5.41) is 2.86. The molecule has 0 saturated heterocycles. The lowest BCUT2D eigenvalue weighted by Gasteiger charge is -2.20. The molecule has 0 bridgehead atoms. The third-order valence-corrected chi connectivity index (χ3v) is 4.78. The zero-order valence-electron chi connectivity index (χ0n) is 14.0. The van der Waals surface area contributed by atoms with E-state index in [0.29, 0.717) is 4.67 Å². The second-order valence-corrected chi connectivity index (χ2v) is 6.99. The fourth-order valence-electron chi connectivity index (χ4n) is 3.02. The topological polar surface area (TPSA) is 68.5 Å². The fourth-order valence-corrected chi connectivity index (χ4v) is 3.32. The van der Waals surface area contributed by atoms with Crippen LogP contribution >= 0.6 is 15.9 Å². The van der Waals surface area contributed by atoms with E-state index < -0.39 is 5.97 Å². The van der Waals surface area contributed by atoms with Gasteiger partial charge >= 0.3 is 5.97 Å². The Labute approximate surface area is 154 Å². The molecule has 1 N–H and O–H groups in total. The lowest BCUT2D eigenvalue weighted by atomic mass is 9.89. The Morgan fingerprint density at radius 2 is 1.96 bits per heavy atom. The number of hydrogen-bond acceptors (Lipinski definition) is 4. The average Bonchev–Trinajstić information content (AvgIpc) is 3.05. The van der Waals surface area contributed by atoms with Gasteiger partial charge in [-0.25, -0.2) is 4.79 Å². The molecule has 2 aromatic rings. The van der Waals surface area contributed by atoms with Crippen molar-refractivity contribution in [2.45, 2.75) is 38.6 Å². The minimum Gasteiger partial charge on any atom is -0.450 e. The van der Waals surface area contributed by atoms with Gasteiger partial charge in [-0.05, 0) is 77.4 Å². The smallest absolute Gasteiger partial charge is 0.374 e. The van der Waals surface area contributed by atoms with Gasteiger partial charge in [0.2, 0.25) is 5.76 Å². The molecule has 6 heteroatoms. The number of hydrogen-bond donors (Lipinski definition) is 1. The Morgan fingerprint density at radius 3 is 2.68 bits per heavy atom. The van der Waals surface area contributed by atoms with Crippen LogP contribution in [-0.4, -0.2) is 18.5 Å². The molecule has 3 rings (SSSR count). The van der Waals surface area contributed by atoms with E-state index in [1.165, 1.54) is 30.0 Å². The normalized spacial score (nSPS) is 14.5. The highest BCUT2D eigenvalue weighted by molar-refractivity contribution is 9.10. The Balaban J connectivity index is 1.53. The molecule has 0 radical (unpaired) electrons. The van der Waals surface area contributed by atoms with Crippen molar-refractivity contribution in [3.8, 4) is 0 Å². The van der Waals surface area contributed by atoms with Gasteiger partial charge in [-0.3, -0.25) is 4.79 Å². The Hall–Kier alpha value is -2.08. The van der Waals surface area contributed by atoms with E-state index in [1.807, 2.05) is 6.92 Å². The van der Waals surface area contributed by atoms with Gasteiger partial charge in [0, 0.05) is 0 Å². The largest absolute Gasteiger partial charge is 0.450 e. The minimum absolute atomic E-state index is 0.0578. The van der Waals surface area contributed by atoms with E-state index in [9.17, 15) is 9.59 Å². The van der Waals surface area contributed by atoms with Crippen molar-refractivity contribution in [1.29, 1.82) is 0 Å². The summed E-state index contributed by atoms with van der Waals surface area (Å²) in [7, 11) is 0. The standard InChI is InChI=1S/C19H20BrNO4/c1-12(14-7-6-13-4-2-3-5-15(13)10-14)21-18(22)11-24-19(23)16-8-9-17(20)25-16/h6-10,12H,2-5,11H2,1H3,(H,21,22)/t12-/m0/s1. The van der Waals surface area contributed by atoms with Crippen LogP contribution in [0.5, 0.6) is 0 Å². The van der Waals surface area contributed by atoms with Gasteiger partial charge in [-0.1, -0.05) is 18.2 Å². The van der Waals surface area contributed by atoms with Gasteiger partial charge in [0.25, 0.3) is 5.91 Å². The second kappa shape index (κ2) is 7.87. The van der Waals surface area contributed by atoms with Crippen LogP contribution in [0.1, 0.15) is 53.1 Å². The molecule has 1 aliphatic carbocycles. The number of nitrogens with one attached hydrogen (secondary N) is 1. The van der Waals surface area contributed by atoms with Crippen molar-refractivity contribution in [2.24, 2.45) is 0 Å². The van der Waals surface area contributed by atoms with Gasteiger partial charge in [-0.15, -0.1) is 0 Å². The van der Waals surface area contributed by atoms with Crippen LogP contribution in [0, 0.1) is 0 Å². The van der Waals surface area contributed by atoms with Crippen molar-refractivity contribution in [3.05, 3.63) is 57.5 Å². The molecular formula is C19H20BrNO4. The summed E-state index contributed by atoms with van der Waals surface area (Å²) in [6, 6.07) is 9.32. The molecule has 5 nitrogen and oxygen atoms in total. The van der Waals surface area contributed by atoms with Crippen LogP contribution in [0.25, 0.3) is 0 Å². The van der Waals surface area contributed by atoms with E-state index in [4.69, 9.17) is 9.15 Å². The Morgan fingerprint density at radius 1 is 1.20 bits per heavy atom. The minimum atomic E-state index is -0.665. The van der Waals surface area contributed by atoms with Crippen LogP contribution in [0.15, 0.2) is 39.4 Å². The fraction of sp³-hybridized carbons (Fsp3) is 0.368. The van der Waals surface area contributed by atoms with Crippen LogP contribution in [-0.2, 0) is 22.4 Å². The summed E-state index contributed by atoms with van der Waals surface area (Å²) >= 11 is 3.11. The molecule has 0 spiro atoms. The van der Waals surface area contributed by atoms with E-state index >= 15 is 0 Å². The molecule has 1 aliphatic rings. The average molecular weight is 406 g/mol. The number of furan rings is 1. The molecular weight excluding hydrogens is 386 g/mol. The van der Waals surface area contributed by atoms with Gasteiger partial charge < -0.3 is 14.5 Å². The molecule has 1 aromatic carbocycles. The number of aryl methyl sites for hydroxylation is 2. The third-order valence-electron chi connectivity index (χ3n) is 4.36. The number of fused-ring (bicyclic) bond motifs is 1. The monoisotopic (exact) mass is 405 g/mol. The van der Waals surface area contributed by atoms with Crippen molar-refractivity contribution in [2.75, 3.05) is 6.61 Å². The summed E-state index contributed by atoms with van der Waals surface area (Å²) in [5.41, 5.74) is 3.85. The summed E-state index contributed by atoms with van der Waals surface area (Å²) < 4.78 is 10.5. The number of ether oxygens (including phenoxy) is 1. The molecule has 0 fully saturated rings. The summed E-state index contributed by atoms with van der Waals surface area (Å²) in [4.78, 5) is 23.8. The second-order valence-electron chi connectivity index (χ2n) is 6.20. The molecule has 132 valence electrons. The first-order valence-electron chi connectivity index (χ1n) is 8.36. The van der Waals surface area contributed by atoms with E-state index in [2.05, 4.69) is 39.4 Å². The SMILES string of the molecule is C[C@H](NC(=O)COC(=O)c1ccc(Br)o1)c1ccc2c(c1)CCCC2. The van der Waals surface area contributed by atoms with Crippen molar-refractivity contribution >= 4 is 27.8 Å². The number of rotatable bonds is 5. The number of carbonyl (C=O) groups excluding carboxylic acids is 2. The van der Waals surface area contributed by atoms with Crippen LogP contribution < -0.4 is 5.32 Å². The summed E-state index contributed by atoms with van der Waals surface area (Å²) in [5.74, 6) is -0.950. The summed E-state index contributed by atoms with van der Waals surface area (Å²) in [6.07, 6.45) is 4.70. The Kier molecular flexibility index (Phi) is 5.58. The van der Waals surface area contributed by atoms with E-state index in [1.54, 1.807) is 6.07 Å². The first-order valence-corrected chi connectivity index (χ1v) is 9.16. The van der Waals surface area contributed by atoms with Gasteiger partial charge in [0.05, 0.1) is 6.04 Å². The number of amides is 1. The Bertz CT molecular complexity index is 783.